The number of aryl methyl sites for hydroxylation is 2. The van der Waals surface area contributed by atoms with Gasteiger partial charge < -0.3 is 14.8 Å². The Morgan fingerprint density at radius 2 is 1.82 bits per heavy atom. The fraction of sp³-hybridized carbons (Fsp3) is 0.394. The molecule has 2 heterocycles. The van der Waals surface area contributed by atoms with E-state index < -0.39 is 11.5 Å². The van der Waals surface area contributed by atoms with Crippen LogP contribution in [-0.4, -0.2) is 40.9 Å². The molecule has 2 aliphatic rings. The number of halogens is 1. The topological polar surface area (TPSA) is 53.4 Å². The molecule has 1 N–H and O–H groups in total. The Labute approximate surface area is 231 Å². The fourth-order valence-electron chi connectivity index (χ4n) is 5.82. The molecule has 1 aliphatic carbocycles. The van der Waals surface area contributed by atoms with Gasteiger partial charge in [-0.1, -0.05) is 53.6 Å². The van der Waals surface area contributed by atoms with Crippen molar-refractivity contribution in [2.45, 2.75) is 63.9 Å². The van der Waals surface area contributed by atoms with E-state index in [4.69, 9.17) is 16.6 Å². The highest BCUT2D eigenvalue weighted by molar-refractivity contribution is 6.30. The van der Waals surface area contributed by atoms with Crippen LogP contribution >= 0.6 is 11.6 Å². The second-order valence-corrected chi connectivity index (χ2v) is 11.7. The van der Waals surface area contributed by atoms with Crippen LogP contribution in [0.1, 0.15) is 79.1 Å². The number of carbonyl (C=O) groups is 1. The van der Waals surface area contributed by atoms with Crippen molar-refractivity contribution in [1.82, 2.24) is 9.88 Å². The highest BCUT2D eigenvalue weighted by Gasteiger charge is 2.25. The lowest BCUT2D eigenvalue weighted by molar-refractivity contribution is -0.111. The summed E-state index contributed by atoms with van der Waals surface area (Å²) < 4.78 is 0. The Morgan fingerprint density at radius 1 is 1.03 bits per heavy atom. The van der Waals surface area contributed by atoms with Gasteiger partial charge in [-0.25, -0.2) is 0 Å². The number of aliphatic hydroxyl groups excluding tert-OH is 1. The maximum atomic E-state index is 11.5. The molecule has 0 bridgehead atoms. The van der Waals surface area contributed by atoms with E-state index in [0.717, 1.165) is 79.9 Å². The average molecular weight is 529 g/mol. The number of benzene rings is 2. The number of carbonyl (C=O) groups excluding carboxylic acids is 1. The first-order chi connectivity index (χ1) is 18.4. The second kappa shape index (κ2) is 11.5. The number of rotatable bonds is 7. The minimum Gasteiger partial charge on any atom is -0.388 e. The van der Waals surface area contributed by atoms with Crippen LogP contribution in [-0.2, 0) is 23.1 Å². The van der Waals surface area contributed by atoms with Crippen LogP contribution in [0.3, 0.4) is 0 Å². The van der Waals surface area contributed by atoms with Crippen LogP contribution in [0.4, 0.5) is 0 Å². The lowest BCUT2D eigenvalue weighted by atomic mass is 9.85. The molecule has 38 heavy (non-hydrogen) atoms. The molecule has 5 rings (SSSR count). The number of aldehydes is 1. The van der Waals surface area contributed by atoms with Crippen LogP contribution in [0.15, 0.2) is 66.4 Å². The van der Waals surface area contributed by atoms with Gasteiger partial charge in [0.15, 0.2) is 0 Å². The number of likely N-dealkylation sites (tertiary alicyclic amines) is 1. The Bertz CT molecular complexity index is 1340. The van der Waals surface area contributed by atoms with E-state index in [-0.39, 0.29) is 0 Å². The predicted octanol–water partition coefficient (Wildman–Crippen LogP) is 6.72. The first-order valence-corrected chi connectivity index (χ1v) is 14.2. The van der Waals surface area contributed by atoms with Crippen molar-refractivity contribution in [2.75, 3.05) is 19.6 Å². The zero-order valence-corrected chi connectivity index (χ0v) is 23.2. The summed E-state index contributed by atoms with van der Waals surface area (Å²) in [6, 6.07) is 18.4. The van der Waals surface area contributed by atoms with Crippen LogP contribution < -0.4 is 0 Å². The SMILES string of the molecule is CC(C)(C=O)c1cccc(C(O)CCCN2CCC(=C3c4ccc(Cl)cc4CCc4cccnc43)CC2)c1. The van der Waals surface area contributed by atoms with Crippen molar-refractivity contribution in [3.8, 4) is 0 Å². The molecule has 1 fully saturated rings. The van der Waals surface area contributed by atoms with Crippen molar-refractivity contribution < 1.29 is 9.90 Å². The highest BCUT2D eigenvalue weighted by Crippen LogP contribution is 2.38. The third kappa shape index (κ3) is 5.78. The van der Waals surface area contributed by atoms with Crippen molar-refractivity contribution in [3.05, 3.63) is 105 Å². The van der Waals surface area contributed by atoms with Gasteiger partial charge in [0.2, 0.25) is 0 Å². The maximum Gasteiger partial charge on any atom is 0.129 e. The molecule has 1 atom stereocenters. The van der Waals surface area contributed by atoms with E-state index >= 15 is 0 Å². The molecule has 4 nitrogen and oxygen atoms in total. The second-order valence-electron chi connectivity index (χ2n) is 11.3. The quantitative estimate of drug-likeness (QED) is 0.346. The first kappa shape index (κ1) is 26.8. The largest absolute Gasteiger partial charge is 0.388 e. The normalized spacial score (nSPS) is 16.9. The van der Waals surface area contributed by atoms with Crippen LogP contribution in [0.2, 0.25) is 5.02 Å². The number of fused-ring (bicyclic) bond motifs is 2. The zero-order chi connectivity index (χ0) is 26.7. The summed E-state index contributed by atoms with van der Waals surface area (Å²) >= 11 is 6.37. The highest BCUT2D eigenvalue weighted by atomic mass is 35.5. The van der Waals surface area contributed by atoms with Gasteiger partial charge in [0.25, 0.3) is 0 Å². The average Bonchev–Trinajstić information content (AvgIpc) is 3.10. The Hall–Kier alpha value is -2.79. The van der Waals surface area contributed by atoms with Gasteiger partial charge in [-0.15, -0.1) is 0 Å². The molecule has 1 unspecified atom stereocenters. The number of nitrogens with zero attached hydrogens (tertiary/aromatic N) is 2. The molecular weight excluding hydrogens is 492 g/mol. The van der Waals surface area contributed by atoms with Gasteiger partial charge in [-0.2, -0.15) is 0 Å². The van der Waals surface area contributed by atoms with E-state index in [2.05, 4.69) is 23.1 Å². The molecule has 5 heteroatoms. The number of piperidine rings is 1. The van der Waals surface area contributed by atoms with Crippen molar-refractivity contribution in [3.63, 3.8) is 0 Å². The van der Waals surface area contributed by atoms with E-state index in [0.29, 0.717) is 6.42 Å². The van der Waals surface area contributed by atoms with Crippen molar-refractivity contribution >= 4 is 23.5 Å². The van der Waals surface area contributed by atoms with Gasteiger partial charge in [-0.3, -0.25) is 4.98 Å². The lowest BCUT2D eigenvalue weighted by Crippen LogP contribution is -2.32. The summed E-state index contributed by atoms with van der Waals surface area (Å²) in [4.78, 5) is 18.8. The summed E-state index contributed by atoms with van der Waals surface area (Å²) in [6.45, 7) is 6.82. The summed E-state index contributed by atoms with van der Waals surface area (Å²) in [6.07, 6.45) is 8.02. The van der Waals surface area contributed by atoms with E-state index in [1.54, 1.807) is 0 Å². The third-order valence-electron chi connectivity index (χ3n) is 8.20. The smallest absolute Gasteiger partial charge is 0.129 e. The van der Waals surface area contributed by atoms with Crippen molar-refractivity contribution in [1.29, 1.82) is 0 Å². The minimum absolute atomic E-state index is 0.517. The van der Waals surface area contributed by atoms with Gasteiger partial charge in [0, 0.05) is 35.3 Å². The summed E-state index contributed by atoms with van der Waals surface area (Å²) in [5.41, 5.74) is 9.16. The lowest BCUT2D eigenvalue weighted by Gasteiger charge is -2.30. The molecule has 2 aromatic carbocycles. The van der Waals surface area contributed by atoms with Gasteiger partial charge >= 0.3 is 0 Å². The Morgan fingerprint density at radius 3 is 2.61 bits per heavy atom. The van der Waals surface area contributed by atoms with E-state index in [9.17, 15) is 9.90 Å². The predicted molar refractivity (Wildman–Crippen MR) is 155 cm³/mol. The molecule has 0 radical (unpaired) electrons. The standard InChI is InChI=1S/C33H37ClN2O2/c1-33(2,22-37)27-8-3-6-26(20-27)30(38)9-5-17-36-18-14-23(15-19-36)31-29-13-12-28(34)21-25(29)11-10-24-7-4-16-35-32(24)31/h3-4,6-8,12-13,16,20-22,30,38H,5,9-11,14-15,17-19H2,1-2H3. The monoisotopic (exact) mass is 528 g/mol. The number of pyridine rings is 1. The van der Waals surface area contributed by atoms with Gasteiger partial charge in [-0.05, 0) is 105 Å². The molecular formula is C33H37ClN2O2. The molecule has 1 aromatic heterocycles. The molecule has 0 spiro atoms. The molecule has 1 aliphatic heterocycles. The fourth-order valence-corrected chi connectivity index (χ4v) is 6.01. The van der Waals surface area contributed by atoms with E-state index in [1.807, 2.05) is 56.4 Å². The molecule has 0 saturated carbocycles. The summed E-state index contributed by atoms with van der Waals surface area (Å²) in [5, 5.41) is 11.6. The van der Waals surface area contributed by atoms with Gasteiger partial charge in [0.05, 0.1) is 11.8 Å². The van der Waals surface area contributed by atoms with Crippen LogP contribution in [0, 0.1) is 0 Å². The maximum absolute atomic E-state index is 11.5. The number of aliphatic hydroxyl groups is 1. The molecule has 3 aromatic rings. The Kier molecular flexibility index (Phi) is 8.13. The van der Waals surface area contributed by atoms with Crippen molar-refractivity contribution in [2.24, 2.45) is 0 Å². The zero-order valence-electron chi connectivity index (χ0n) is 22.4. The number of aromatic nitrogens is 1. The third-order valence-corrected chi connectivity index (χ3v) is 8.44. The first-order valence-electron chi connectivity index (χ1n) is 13.8. The summed E-state index contributed by atoms with van der Waals surface area (Å²) in [7, 11) is 0. The minimum atomic E-state index is -0.546. The molecule has 198 valence electrons. The number of hydrogen-bond donors (Lipinski definition) is 1. The molecule has 0 amide bonds. The molecule has 1 saturated heterocycles. The summed E-state index contributed by atoms with van der Waals surface area (Å²) in [5.74, 6) is 0. The number of hydrogen-bond acceptors (Lipinski definition) is 4. The van der Waals surface area contributed by atoms with E-state index in [1.165, 1.54) is 27.8 Å². The van der Waals surface area contributed by atoms with Gasteiger partial charge in [0.1, 0.15) is 6.29 Å². The van der Waals surface area contributed by atoms with Crippen LogP contribution in [0.25, 0.3) is 5.57 Å². The van der Waals surface area contributed by atoms with Crippen LogP contribution in [0.5, 0.6) is 0 Å². The Balaban J connectivity index is 1.24.